The summed E-state index contributed by atoms with van der Waals surface area (Å²) in [5.74, 6) is 3.10. The van der Waals surface area contributed by atoms with Crippen LogP contribution in [0.25, 0.3) is 0 Å². The number of likely N-dealkylation sites (N-methyl/N-ethyl adjacent to an activating group) is 1. The van der Waals surface area contributed by atoms with E-state index >= 15 is 0 Å². The fraction of sp³-hybridized carbons (Fsp3) is 0.963. The second kappa shape index (κ2) is 10.8. The topological polar surface area (TPSA) is 69.7 Å². The molecule has 212 valence electrons. The van der Waals surface area contributed by atoms with Crippen LogP contribution in [0.15, 0.2) is 0 Å². The summed E-state index contributed by atoms with van der Waals surface area (Å²) in [4.78, 5) is 4.40. The van der Waals surface area contributed by atoms with Crippen molar-refractivity contribution in [2.45, 2.75) is 121 Å². The van der Waals surface area contributed by atoms with Gasteiger partial charge in [0.25, 0.3) is 0 Å². The molecule has 0 aromatic rings. The number of halogens is 3. The normalized spacial score (nSPS) is 42.1. The van der Waals surface area contributed by atoms with E-state index < -0.39 is 12.2 Å². The lowest BCUT2D eigenvalue weighted by atomic mass is 9.71. The van der Waals surface area contributed by atoms with E-state index in [1.807, 2.05) is 19.0 Å². The van der Waals surface area contributed by atoms with Gasteiger partial charge in [-0.25, -0.2) is 10.4 Å². The summed E-state index contributed by atoms with van der Waals surface area (Å²) in [7, 11) is 2.04. The molecule has 2 aliphatic carbocycles. The van der Waals surface area contributed by atoms with Gasteiger partial charge in [0, 0.05) is 32.2 Å². The van der Waals surface area contributed by atoms with E-state index in [4.69, 9.17) is 5.41 Å². The average Bonchev–Trinajstić information content (AvgIpc) is 3.38. The minimum atomic E-state index is -4.19. The minimum Gasteiger partial charge on any atom is -0.338 e. The molecule has 7 unspecified atom stereocenters. The van der Waals surface area contributed by atoms with Crippen LogP contribution < -0.4 is 16.1 Å². The van der Waals surface area contributed by atoms with Crippen molar-refractivity contribution in [1.82, 2.24) is 30.9 Å². The monoisotopic (exact) mass is 527 g/mol. The Labute approximate surface area is 220 Å². The third kappa shape index (κ3) is 5.50. The van der Waals surface area contributed by atoms with Crippen LogP contribution in [-0.2, 0) is 0 Å². The lowest BCUT2D eigenvalue weighted by Gasteiger charge is -2.46. The molecule has 0 amide bonds. The molecule has 0 bridgehead atoms. The fourth-order valence-corrected chi connectivity index (χ4v) is 8.13. The summed E-state index contributed by atoms with van der Waals surface area (Å²) in [6.45, 7) is 8.37. The molecule has 37 heavy (non-hydrogen) atoms. The van der Waals surface area contributed by atoms with Gasteiger partial charge in [-0.15, -0.1) is 0 Å². The first kappa shape index (κ1) is 27.5. The Bertz CT molecular complexity index is 799. The summed E-state index contributed by atoms with van der Waals surface area (Å²) in [5.41, 5.74) is 2.78. The SMILES string of the molecule is CC(C)C1CCCCC1C1NCC2C(N1)N(CC1CCC(N3NC(C(F)(F)F)CC3C)CC1)C(=N)N2C. The molecule has 7 atom stereocenters. The van der Waals surface area contributed by atoms with Crippen LogP contribution in [0.5, 0.6) is 0 Å². The van der Waals surface area contributed by atoms with E-state index in [-0.39, 0.29) is 36.9 Å². The molecule has 5 rings (SSSR count). The molecule has 10 heteroatoms. The van der Waals surface area contributed by atoms with E-state index in [1.165, 1.54) is 25.7 Å². The van der Waals surface area contributed by atoms with Gasteiger partial charge < -0.3 is 9.80 Å². The third-order valence-electron chi connectivity index (χ3n) is 10.3. The molecule has 3 heterocycles. The summed E-state index contributed by atoms with van der Waals surface area (Å²) in [6.07, 6.45) is 5.40. The second-order valence-electron chi connectivity index (χ2n) is 12.9. The zero-order chi connectivity index (χ0) is 26.5. The summed E-state index contributed by atoms with van der Waals surface area (Å²) in [5, 5.41) is 18.5. The Balaban J connectivity index is 1.19. The molecular weight excluding hydrogens is 479 g/mol. The number of hydrogen-bond acceptors (Lipinski definition) is 5. The number of hydrazine groups is 1. The van der Waals surface area contributed by atoms with Gasteiger partial charge in [0.2, 0.25) is 0 Å². The molecule has 0 aromatic heterocycles. The smallest absolute Gasteiger partial charge is 0.338 e. The molecule has 3 aliphatic heterocycles. The van der Waals surface area contributed by atoms with Crippen molar-refractivity contribution in [1.29, 1.82) is 5.41 Å². The van der Waals surface area contributed by atoms with Gasteiger partial charge in [-0.3, -0.25) is 16.0 Å². The number of alkyl halides is 3. The van der Waals surface area contributed by atoms with Gasteiger partial charge in [-0.2, -0.15) is 13.2 Å². The zero-order valence-electron chi connectivity index (χ0n) is 23.0. The Kier molecular flexibility index (Phi) is 8.03. The molecule has 0 radical (unpaired) electrons. The highest BCUT2D eigenvalue weighted by Crippen LogP contribution is 2.39. The van der Waals surface area contributed by atoms with Crippen molar-refractivity contribution in [3.63, 3.8) is 0 Å². The molecule has 5 aliphatic rings. The van der Waals surface area contributed by atoms with Crippen LogP contribution in [0.3, 0.4) is 0 Å². The van der Waals surface area contributed by atoms with Gasteiger partial charge >= 0.3 is 6.18 Å². The summed E-state index contributed by atoms with van der Waals surface area (Å²) < 4.78 is 39.7. The van der Waals surface area contributed by atoms with Gasteiger partial charge in [0.1, 0.15) is 12.2 Å². The van der Waals surface area contributed by atoms with Crippen molar-refractivity contribution in [3.05, 3.63) is 0 Å². The lowest BCUT2D eigenvalue weighted by Crippen LogP contribution is -2.67. The van der Waals surface area contributed by atoms with E-state index in [9.17, 15) is 13.2 Å². The van der Waals surface area contributed by atoms with Gasteiger partial charge in [-0.05, 0) is 75.5 Å². The van der Waals surface area contributed by atoms with Crippen LogP contribution in [0.2, 0.25) is 0 Å². The Morgan fingerprint density at radius 2 is 1.76 bits per heavy atom. The van der Waals surface area contributed by atoms with Gasteiger partial charge in [0.15, 0.2) is 5.96 Å². The molecule has 0 aromatic carbocycles. The molecular formula is C27H48F3N7. The number of hydrogen-bond donors (Lipinski definition) is 4. The standard InChI is InChI=1S/C27H48F3N7/c1-16(2)20-7-5-6-8-21(20)24-32-14-22-25(33-24)36(26(31)35(22)4)15-18-9-11-19(12-10-18)37-17(3)13-23(34-37)27(28,29)30/h16-25,31-34H,5-15H2,1-4H3. The summed E-state index contributed by atoms with van der Waals surface area (Å²) in [6, 6.07) is -1.11. The maximum Gasteiger partial charge on any atom is 0.405 e. The van der Waals surface area contributed by atoms with Gasteiger partial charge in [0.05, 0.1) is 12.2 Å². The molecule has 0 spiro atoms. The minimum absolute atomic E-state index is 0.0975. The number of rotatable bonds is 5. The first-order valence-electron chi connectivity index (χ1n) is 14.7. The fourth-order valence-electron chi connectivity index (χ4n) is 8.13. The predicted molar refractivity (Wildman–Crippen MR) is 140 cm³/mol. The highest BCUT2D eigenvalue weighted by Gasteiger charge is 2.50. The highest BCUT2D eigenvalue weighted by atomic mass is 19.4. The van der Waals surface area contributed by atoms with Crippen molar-refractivity contribution < 1.29 is 13.2 Å². The first-order valence-corrected chi connectivity index (χ1v) is 14.7. The number of fused-ring (bicyclic) bond motifs is 1. The van der Waals surface area contributed by atoms with Crippen molar-refractivity contribution in [3.8, 4) is 0 Å². The van der Waals surface area contributed by atoms with Crippen LogP contribution in [0.1, 0.15) is 78.6 Å². The van der Waals surface area contributed by atoms with Crippen molar-refractivity contribution in [2.24, 2.45) is 23.7 Å². The largest absolute Gasteiger partial charge is 0.405 e. The number of nitrogens with zero attached hydrogens (tertiary/aromatic N) is 3. The first-order chi connectivity index (χ1) is 17.5. The predicted octanol–water partition coefficient (Wildman–Crippen LogP) is 3.93. The van der Waals surface area contributed by atoms with Crippen LogP contribution in [0.4, 0.5) is 13.2 Å². The Morgan fingerprint density at radius 3 is 2.41 bits per heavy atom. The average molecular weight is 528 g/mol. The second-order valence-corrected chi connectivity index (χ2v) is 12.9. The van der Waals surface area contributed by atoms with Gasteiger partial charge in [-0.1, -0.05) is 26.7 Å². The highest BCUT2D eigenvalue weighted by molar-refractivity contribution is 5.80. The Morgan fingerprint density at radius 1 is 1.05 bits per heavy atom. The van der Waals surface area contributed by atoms with Crippen LogP contribution >= 0.6 is 0 Å². The van der Waals surface area contributed by atoms with E-state index in [2.05, 4.69) is 39.7 Å². The molecule has 5 fully saturated rings. The van der Waals surface area contributed by atoms with Crippen molar-refractivity contribution in [2.75, 3.05) is 20.1 Å². The third-order valence-corrected chi connectivity index (χ3v) is 10.3. The zero-order valence-corrected chi connectivity index (χ0v) is 23.0. The van der Waals surface area contributed by atoms with E-state index in [0.717, 1.165) is 44.7 Å². The molecule has 4 N–H and O–H groups in total. The maximum atomic E-state index is 13.2. The van der Waals surface area contributed by atoms with Crippen LogP contribution in [0, 0.1) is 29.1 Å². The summed E-state index contributed by atoms with van der Waals surface area (Å²) >= 11 is 0. The number of guanidine groups is 1. The maximum absolute atomic E-state index is 13.2. The van der Waals surface area contributed by atoms with E-state index in [0.29, 0.717) is 23.7 Å². The molecule has 7 nitrogen and oxygen atoms in total. The lowest BCUT2D eigenvalue weighted by molar-refractivity contribution is -0.158. The molecule has 2 saturated carbocycles. The van der Waals surface area contributed by atoms with E-state index in [1.54, 1.807) is 0 Å². The van der Waals surface area contributed by atoms with Crippen molar-refractivity contribution >= 4 is 5.96 Å². The molecule has 3 saturated heterocycles. The Hall–Kier alpha value is -1.10. The quantitative estimate of drug-likeness (QED) is 0.435. The van der Waals surface area contributed by atoms with Crippen LogP contribution in [-0.4, -0.2) is 83.6 Å². The number of nitrogens with one attached hydrogen (secondary N) is 4.